The van der Waals surface area contributed by atoms with Crippen molar-refractivity contribution in [1.82, 2.24) is 15.0 Å². The number of ether oxygens (including phenoxy) is 1. The van der Waals surface area contributed by atoms with Crippen LogP contribution in [0, 0.1) is 6.92 Å². The molecule has 12 heteroatoms. The predicted molar refractivity (Wildman–Crippen MR) is 168 cm³/mol. The van der Waals surface area contributed by atoms with E-state index in [1.807, 2.05) is 50.5 Å². The van der Waals surface area contributed by atoms with Crippen LogP contribution in [0.5, 0.6) is 5.75 Å². The van der Waals surface area contributed by atoms with E-state index < -0.39 is 0 Å². The number of aryl methyl sites for hydroxylation is 1. The maximum absolute atomic E-state index is 13.7. The molecule has 0 saturated carbocycles. The molecule has 1 aliphatic rings. The first-order chi connectivity index (χ1) is 21.2. The average Bonchev–Trinajstić information content (AvgIpc) is 3.42. The highest BCUT2D eigenvalue weighted by atomic mass is 35.5. The summed E-state index contributed by atoms with van der Waals surface area (Å²) in [6, 6.07) is 18.1. The monoisotopic (exact) mass is 619 g/mol. The van der Waals surface area contributed by atoms with E-state index >= 15 is 0 Å². The van der Waals surface area contributed by atoms with Crippen LogP contribution in [0.1, 0.15) is 32.0 Å². The third-order valence-corrected chi connectivity index (χ3v) is 7.87. The zero-order valence-corrected chi connectivity index (χ0v) is 25.9. The third kappa shape index (κ3) is 6.56. The fourth-order valence-electron chi connectivity index (χ4n) is 5.31. The smallest absolute Gasteiger partial charge is 0.259 e. The molecule has 0 aliphatic carbocycles. The quantitative estimate of drug-likeness (QED) is 0.188. The molecule has 2 amide bonds. The number of methoxy groups -OCH3 is 1. The molecule has 0 radical (unpaired) electrons. The topological polar surface area (TPSA) is 128 Å². The molecule has 4 aromatic rings. The number of amides is 2. The minimum absolute atomic E-state index is 0.176. The molecule has 3 aromatic carbocycles. The van der Waals surface area contributed by atoms with E-state index in [9.17, 15) is 14.8 Å². The molecule has 1 aromatic heterocycles. The Balaban J connectivity index is 1.31. The van der Waals surface area contributed by atoms with Gasteiger partial charge in [0.05, 0.1) is 17.8 Å². The first kappa shape index (κ1) is 31.0. The number of quaternary nitrogens is 1. The van der Waals surface area contributed by atoms with Crippen molar-refractivity contribution in [2.24, 2.45) is 0 Å². The number of nitrogens with two attached hydrogens (primary N) is 1. The lowest BCUT2D eigenvalue weighted by Crippen LogP contribution is -2.74. The van der Waals surface area contributed by atoms with Crippen LogP contribution >= 0.6 is 11.6 Å². The van der Waals surface area contributed by atoms with E-state index in [0.717, 1.165) is 17.6 Å². The highest BCUT2D eigenvalue weighted by Gasteiger charge is 2.30. The Morgan fingerprint density at radius 1 is 1.09 bits per heavy atom. The largest absolute Gasteiger partial charge is 0.496 e. The Hall–Kier alpha value is -4.42. The highest BCUT2D eigenvalue weighted by Crippen LogP contribution is 2.36. The first-order valence-corrected chi connectivity index (χ1v) is 14.6. The van der Waals surface area contributed by atoms with Gasteiger partial charge in [0, 0.05) is 49.9 Å². The lowest BCUT2D eigenvalue weighted by molar-refractivity contribution is -0.825. The Bertz CT molecular complexity index is 1650. The summed E-state index contributed by atoms with van der Waals surface area (Å²) in [4.78, 5) is 32.7. The molecule has 0 unspecified atom stereocenters. The zero-order valence-electron chi connectivity index (χ0n) is 25.1. The van der Waals surface area contributed by atoms with Gasteiger partial charge in [-0.2, -0.15) is 5.48 Å². The molecule has 0 spiro atoms. The highest BCUT2D eigenvalue weighted by molar-refractivity contribution is 6.33. The number of piperazine rings is 1. The molecule has 2 heterocycles. The Morgan fingerprint density at radius 3 is 2.45 bits per heavy atom. The number of carbonyl (C=O) groups is 2. The van der Waals surface area contributed by atoms with Crippen LogP contribution in [0.4, 0.5) is 17.1 Å². The maximum atomic E-state index is 13.7. The second kappa shape index (κ2) is 13.5. The summed E-state index contributed by atoms with van der Waals surface area (Å²) in [6.45, 7) is 4.36. The van der Waals surface area contributed by atoms with Gasteiger partial charge < -0.3 is 29.3 Å². The lowest BCUT2D eigenvalue weighted by Gasteiger charge is -2.36. The number of para-hydroxylation sites is 1. The molecular formula is C32H36ClN6O5+. The first-order valence-electron chi connectivity index (χ1n) is 14.2. The van der Waals surface area contributed by atoms with Gasteiger partial charge in [-0.1, -0.05) is 41.0 Å². The lowest BCUT2D eigenvalue weighted by atomic mass is 10.0. The van der Waals surface area contributed by atoms with Crippen LogP contribution in [0.3, 0.4) is 0 Å². The summed E-state index contributed by atoms with van der Waals surface area (Å²) in [5, 5.41) is 17.4. The van der Waals surface area contributed by atoms with Crippen molar-refractivity contribution in [1.29, 1.82) is 0 Å². The zero-order chi connectivity index (χ0) is 31.4. The minimum atomic E-state index is -0.303. The molecule has 0 bridgehead atoms. The summed E-state index contributed by atoms with van der Waals surface area (Å²) in [7, 11) is 5.55. The molecule has 0 atom stereocenters. The Morgan fingerprint density at radius 2 is 1.80 bits per heavy atom. The van der Waals surface area contributed by atoms with E-state index in [-0.39, 0.29) is 11.8 Å². The van der Waals surface area contributed by atoms with Gasteiger partial charge in [0.2, 0.25) is 0 Å². The summed E-state index contributed by atoms with van der Waals surface area (Å²) >= 11 is 6.64. The molecule has 44 heavy (non-hydrogen) atoms. The molecular weight excluding hydrogens is 584 g/mol. The number of anilines is 2. The van der Waals surface area contributed by atoms with Gasteiger partial charge in [0.25, 0.3) is 11.8 Å². The molecule has 230 valence electrons. The molecule has 5 rings (SSSR count). The van der Waals surface area contributed by atoms with Gasteiger partial charge in [-0.05, 0) is 56.9 Å². The molecule has 1 saturated heterocycles. The van der Waals surface area contributed by atoms with Crippen LogP contribution in [-0.2, 0) is 6.54 Å². The van der Waals surface area contributed by atoms with E-state index in [1.54, 1.807) is 43.2 Å². The molecule has 11 nitrogen and oxygen atoms in total. The minimum Gasteiger partial charge on any atom is -0.496 e. The van der Waals surface area contributed by atoms with Crippen LogP contribution < -0.4 is 20.4 Å². The second-order valence-electron chi connectivity index (χ2n) is 10.9. The van der Waals surface area contributed by atoms with Crippen molar-refractivity contribution < 1.29 is 29.5 Å². The van der Waals surface area contributed by atoms with Crippen molar-refractivity contribution in [2.45, 2.75) is 13.5 Å². The summed E-state index contributed by atoms with van der Waals surface area (Å²) < 4.78 is 10.9. The van der Waals surface area contributed by atoms with Crippen LogP contribution in [0.15, 0.2) is 65.2 Å². The van der Waals surface area contributed by atoms with Gasteiger partial charge in [-0.25, -0.2) is 5.21 Å². The van der Waals surface area contributed by atoms with Crippen LogP contribution in [0.2, 0.25) is 5.02 Å². The number of hydrogen-bond acceptors (Lipinski definition) is 8. The standard InChI is InChI=1S/C32H35ClN6O5/c1-20-29(30(36-44-20)23-7-5-6-8-28(23)43-4)32(41)39-15-13-38(14-16-39)27-18-25(26(35-42)17-24(27)33)34-31(40)22-11-9-21(10-12-22)19-37(2)3/h5-12,17-18,35,42H,13-16,19H2,1-4H3,(H,34,40)/p+1. The number of nitrogens with zero attached hydrogens (tertiary/aromatic N) is 4. The van der Waals surface area contributed by atoms with Crippen LogP contribution in [0.25, 0.3) is 11.3 Å². The van der Waals surface area contributed by atoms with Gasteiger partial charge in [0.1, 0.15) is 28.5 Å². The average molecular weight is 620 g/mol. The van der Waals surface area contributed by atoms with E-state index in [4.69, 9.17) is 20.9 Å². The predicted octanol–water partition coefficient (Wildman–Crippen LogP) is 4.17. The number of benzene rings is 3. The maximum Gasteiger partial charge on any atom is 0.259 e. The van der Waals surface area contributed by atoms with Gasteiger partial charge in [-0.15, -0.1) is 0 Å². The van der Waals surface area contributed by atoms with Crippen molar-refractivity contribution in [3.05, 3.63) is 88.1 Å². The summed E-state index contributed by atoms with van der Waals surface area (Å²) in [5.74, 6) is 0.556. The fraction of sp³-hybridized carbons (Fsp3) is 0.281. The SMILES string of the molecule is COc1ccccc1-c1noc(C)c1C(=O)N1CCN(c2cc(NC(=O)c3ccc(CN(C)C)cc3)c([NH2+]O)cc2Cl)CC1. The normalized spacial score (nSPS) is 13.3. The third-order valence-electron chi connectivity index (χ3n) is 7.57. The number of halogens is 1. The van der Waals surface area contributed by atoms with Crippen molar-refractivity contribution in [3.63, 3.8) is 0 Å². The van der Waals surface area contributed by atoms with Crippen LogP contribution in [-0.4, -0.2) is 79.4 Å². The Kier molecular flexibility index (Phi) is 9.50. The number of carbonyl (C=O) groups excluding carboxylic acids is 2. The van der Waals surface area contributed by atoms with E-state index in [2.05, 4.69) is 20.3 Å². The molecule has 4 N–H and O–H groups in total. The van der Waals surface area contributed by atoms with E-state index in [1.165, 1.54) is 0 Å². The fourth-order valence-corrected chi connectivity index (χ4v) is 5.60. The Labute approximate surface area is 260 Å². The van der Waals surface area contributed by atoms with Crippen molar-refractivity contribution >= 4 is 40.5 Å². The molecule has 1 fully saturated rings. The van der Waals surface area contributed by atoms with E-state index in [0.29, 0.717) is 82.2 Å². The number of aromatic nitrogens is 1. The van der Waals surface area contributed by atoms with Crippen molar-refractivity contribution in [2.75, 3.05) is 57.6 Å². The summed E-state index contributed by atoms with van der Waals surface area (Å²) in [6.07, 6.45) is 0. The summed E-state index contributed by atoms with van der Waals surface area (Å²) in [5.41, 5.74) is 5.54. The van der Waals surface area contributed by atoms with Gasteiger partial charge in [-0.3, -0.25) is 9.59 Å². The number of hydrogen-bond donors (Lipinski definition) is 3. The van der Waals surface area contributed by atoms with Crippen molar-refractivity contribution in [3.8, 4) is 17.0 Å². The molecule has 1 aliphatic heterocycles. The second-order valence-corrected chi connectivity index (χ2v) is 11.3. The number of nitrogens with one attached hydrogen (secondary N) is 1. The number of rotatable bonds is 9. The van der Waals surface area contributed by atoms with Gasteiger partial charge >= 0.3 is 0 Å². The van der Waals surface area contributed by atoms with Gasteiger partial charge in [0.15, 0.2) is 5.69 Å².